The van der Waals surface area contributed by atoms with E-state index in [4.69, 9.17) is 10.8 Å². The highest BCUT2D eigenvalue weighted by Crippen LogP contribution is 2.08. The van der Waals surface area contributed by atoms with Crippen molar-refractivity contribution in [2.45, 2.75) is 6.42 Å². The van der Waals surface area contributed by atoms with Gasteiger partial charge < -0.3 is 10.8 Å². The summed E-state index contributed by atoms with van der Waals surface area (Å²) >= 11 is 1.20. The van der Waals surface area contributed by atoms with Crippen molar-refractivity contribution in [3.05, 3.63) is 16.1 Å². The van der Waals surface area contributed by atoms with Crippen molar-refractivity contribution in [1.29, 1.82) is 0 Å². The Kier molecular flexibility index (Phi) is 2.56. The molecule has 0 aliphatic rings. The van der Waals surface area contributed by atoms with Crippen LogP contribution in [0.5, 0.6) is 0 Å². The molecule has 0 aliphatic carbocycles. The fourth-order valence-electron chi connectivity index (χ4n) is 0.650. The maximum absolute atomic E-state index is 10.5. The summed E-state index contributed by atoms with van der Waals surface area (Å²) in [5, 5.41) is 10.5. The number of primary amides is 1. The Morgan fingerprint density at radius 2 is 2.55 bits per heavy atom. The van der Waals surface area contributed by atoms with Crippen molar-refractivity contribution in [1.82, 2.24) is 4.98 Å². The fraction of sp³-hybridized carbons (Fsp3) is 0.333. The monoisotopic (exact) mass is 172 g/mol. The molecule has 0 saturated carbocycles. The minimum Gasteiger partial charge on any atom is -0.396 e. The highest BCUT2D eigenvalue weighted by atomic mass is 32.1. The van der Waals surface area contributed by atoms with Crippen LogP contribution in [-0.4, -0.2) is 22.6 Å². The lowest BCUT2D eigenvalue weighted by atomic mass is 10.4. The number of nitrogens with zero attached hydrogens (tertiary/aromatic N) is 1. The van der Waals surface area contributed by atoms with Crippen LogP contribution in [0.2, 0.25) is 0 Å². The predicted octanol–water partition coefficient (Wildman–Crippen LogP) is -0.223. The summed E-state index contributed by atoms with van der Waals surface area (Å²) in [7, 11) is 0. The number of carbonyl (C=O) groups excluding carboxylic acids is 1. The van der Waals surface area contributed by atoms with E-state index in [1.54, 1.807) is 5.38 Å². The molecule has 0 aromatic carbocycles. The summed E-state index contributed by atoms with van der Waals surface area (Å²) in [4.78, 5) is 14.4. The maximum atomic E-state index is 10.5. The minimum absolute atomic E-state index is 0.0436. The Labute approximate surface area is 67.7 Å². The number of nitrogens with two attached hydrogens (primary N) is 1. The zero-order valence-electron chi connectivity index (χ0n) is 5.78. The zero-order chi connectivity index (χ0) is 8.27. The van der Waals surface area contributed by atoms with Gasteiger partial charge in [-0.25, -0.2) is 4.98 Å². The molecule has 0 aliphatic heterocycles. The molecule has 1 aromatic heterocycles. The summed E-state index contributed by atoms with van der Waals surface area (Å²) in [6.45, 7) is 0.0436. The maximum Gasteiger partial charge on any atom is 0.277 e. The van der Waals surface area contributed by atoms with Gasteiger partial charge in [0.2, 0.25) is 0 Å². The molecule has 0 spiro atoms. The van der Waals surface area contributed by atoms with Gasteiger partial charge in [0.15, 0.2) is 5.01 Å². The summed E-state index contributed by atoms with van der Waals surface area (Å²) < 4.78 is 0. The largest absolute Gasteiger partial charge is 0.396 e. The molecule has 0 atom stereocenters. The van der Waals surface area contributed by atoms with E-state index >= 15 is 0 Å². The van der Waals surface area contributed by atoms with Gasteiger partial charge in [0.05, 0.1) is 5.69 Å². The number of aromatic nitrogens is 1. The van der Waals surface area contributed by atoms with Gasteiger partial charge in [0.1, 0.15) is 0 Å². The van der Waals surface area contributed by atoms with Crippen LogP contribution in [0.1, 0.15) is 15.5 Å². The van der Waals surface area contributed by atoms with E-state index in [0.29, 0.717) is 17.1 Å². The standard InChI is InChI=1S/C6H8N2O2S/c7-5(10)6-8-4(1-2-9)3-11-6/h3,9H,1-2H2,(H2,7,10). The van der Waals surface area contributed by atoms with Crippen LogP contribution in [-0.2, 0) is 6.42 Å². The Morgan fingerprint density at radius 1 is 1.82 bits per heavy atom. The van der Waals surface area contributed by atoms with Crippen LogP contribution >= 0.6 is 11.3 Å². The smallest absolute Gasteiger partial charge is 0.277 e. The van der Waals surface area contributed by atoms with Gasteiger partial charge >= 0.3 is 0 Å². The van der Waals surface area contributed by atoms with Crippen LogP contribution in [0.15, 0.2) is 5.38 Å². The third-order valence-corrected chi connectivity index (χ3v) is 2.04. The van der Waals surface area contributed by atoms with E-state index in [-0.39, 0.29) is 6.61 Å². The first-order valence-electron chi connectivity index (χ1n) is 3.09. The van der Waals surface area contributed by atoms with Crippen molar-refractivity contribution in [3.63, 3.8) is 0 Å². The Bertz CT molecular complexity index is 259. The molecule has 11 heavy (non-hydrogen) atoms. The molecule has 0 radical (unpaired) electrons. The third kappa shape index (κ3) is 1.99. The van der Waals surface area contributed by atoms with E-state index in [0.717, 1.165) is 0 Å². The van der Waals surface area contributed by atoms with Crippen LogP contribution in [0, 0.1) is 0 Å². The lowest BCUT2D eigenvalue weighted by Gasteiger charge is -1.87. The lowest BCUT2D eigenvalue weighted by Crippen LogP contribution is -2.10. The first kappa shape index (κ1) is 8.16. The normalized spacial score (nSPS) is 9.91. The quantitative estimate of drug-likeness (QED) is 0.661. The van der Waals surface area contributed by atoms with Gasteiger partial charge in [-0.1, -0.05) is 0 Å². The Hall–Kier alpha value is -0.940. The number of amides is 1. The number of hydrogen-bond donors (Lipinski definition) is 2. The second-order valence-corrected chi connectivity index (χ2v) is 2.84. The number of aliphatic hydroxyl groups excluding tert-OH is 1. The number of carbonyl (C=O) groups is 1. The average Bonchev–Trinajstić information content (AvgIpc) is 2.37. The summed E-state index contributed by atoms with van der Waals surface area (Å²) in [5.74, 6) is -0.515. The Morgan fingerprint density at radius 3 is 3.00 bits per heavy atom. The molecule has 60 valence electrons. The first-order valence-corrected chi connectivity index (χ1v) is 3.97. The van der Waals surface area contributed by atoms with Gasteiger partial charge in [-0.05, 0) is 0 Å². The van der Waals surface area contributed by atoms with E-state index in [1.807, 2.05) is 0 Å². The molecule has 1 aromatic rings. The van der Waals surface area contributed by atoms with Crippen molar-refractivity contribution in [2.24, 2.45) is 5.73 Å². The third-order valence-electron chi connectivity index (χ3n) is 1.13. The molecule has 1 amide bonds. The lowest BCUT2D eigenvalue weighted by molar-refractivity contribution is 0.0999. The fourth-order valence-corrected chi connectivity index (χ4v) is 1.35. The molecule has 1 rings (SSSR count). The number of aliphatic hydroxyl groups is 1. The van der Waals surface area contributed by atoms with Crippen molar-refractivity contribution >= 4 is 17.2 Å². The second kappa shape index (κ2) is 3.45. The molecular weight excluding hydrogens is 164 g/mol. The summed E-state index contributed by atoms with van der Waals surface area (Å²) in [5.41, 5.74) is 5.68. The van der Waals surface area contributed by atoms with Crippen molar-refractivity contribution < 1.29 is 9.90 Å². The van der Waals surface area contributed by atoms with E-state index in [1.165, 1.54) is 11.3 Å². The average molecular weight is 172 g/mol. The van der Waals surface area contributed by atoms with Crippen molar-refractivity contribution in [2.75, 3.05) is 6.61 Å². The molecule has 0 unspecified atom stereocenters. The molecule has 1 heterocycles. The number of hydrogen-bond acceptors (Lipinski definition) is 4. The zero-order valence-corrected chi connectivity index (χ0v) is 6.60. The number of rotatable bonds is 3. The number of thiazole rings is 1. The van der Waals surface area contributed by atoms with Gasteiger partial charge in [0.25, 0.3) is 5.91 Å². The van der Waals surface area contributed by atoms with E-state index in [2.05, 4.69) is 4.98 Å². The highest BCUT2D eigenvalue weighted by molar-refractivity contribution is 7.11. The summed E-state index contributed by atoms with van der Waals surface area (Å²) in [6.07, 6.45) is 0.476. The molecule has 5 heteroatoms. The molecule has 0 saturated heterocycles. The second-order valence-electron chi connectivity index (χ2n) is 1.98. The predicted molar refractivity (Wildman–Crippen MR) is 41.4 cm³/mol. The van der Waals surface area contributed by atoms with Crippen molar-refractivity contribution in [3.8, 4) is 0 Å². The minimum atomic E-state index is -0.515. The Balaban J connectivity index is 2.73. The van der Waals surface area contributed by atoms with Crippen LogP contribution in [0.4, 0.5) is 0 Å². The van der Waals surface area contributed by atoms with Gasteiger partial charge in [-0.2, -0.15) is 0 Å². The molecule has 0 fully saturated rings. The van der Waals surface area contributed by atoms with Gasteiger partial charge in [0, 0.05) is 18.4 Å². The molecule has 4 nitrogen and oxygen atoms in total. The van der Waals surface area contributed by atoms with Crippen LogP contribution < -0.4 is 5.73 Å². The first-order chi connectivity index (χ1) is 5.24. The van der Waals surface area contributed by atoms with E-state index in [9.17, 15) is 4.79 Å². The van der Waals surface area contributed by atoms with Gasteiger partial charge in [-0.3, -0.25) is 4.79 Å². The highest BCUT2D eigenvalue weighted by Gasteiger charge is 2.05. The van der Waals surface area contributed by atoms with E-state index < -0.39 is 5.91 Å². The van der Waals surface area contributed by atoms with Crippen LogP contribution in [0.3, 0.4) is 0 Å². The molecule has 3 N–H and O–H groups in total. The SMILES string of the molecule is NC(=O)c1nc(CCO)cs1. The van der Waals surface area contributed by atoms with Crippen LogP contribution in [0.25, 0.3) is 0 Å². The topological polar surface area (TPSA) is 76.2 Å². The summed E-state index contributed by atoms with van der Waals surface area (Å²) in [6, 6.07) is 0. The molecular formula is C6H8N2O2S. The van der Waals surface area contributed by atoms with Gasteiger partial charge in [-0.15, -0.1) is 11.3 Å². The molecule has 0 bridgehead atoms.